The fraction of sp³-hybridized carbons (Fsp3) is 0.467. The average molecular weight is 275 g/mol. The zero-order valence-corrected chi connectivity index (χ0v) is 12.2. The van der Waals surface area contributed by atoms with Gasteiger partial charge in [-0.25, -0.2) is 0 Å². The van der Waals surface area contributed by atoms with Crippen LogP contribution in [0.1, 0.15) is 32.3 Å². The van der Waals surface area contributed by atoms with E-state index in [0.29, 0.717) is 12.1 Å². The number of amides is 2. The molecule has 2 amide bonds. The number of nitrogens with one attached hydrogen (secondary N) is 1. The molecule has 0 bridgehead atoms. The van der Waals surface area contributed by atoms with E-state index in [1.54, 1.807) is 24.8 Å². The Balaban J connectivity index is 2.18. The average Bonchev–Trinajstić information content (AvgIpc) is 2.74. The minimum absolute atomic E-state index is 0.160. The number of carbonyl (C=O) groups is 2. The van der Waals surface area contributed by atoms with E-state index in [0.717, 1.165) is 24.2 Å². The molecule has 0 aliphatic carbocycles. The van der Waals surface area contributed by atoms with E-state index in [-0.39, 0.29) is 11.8 Å². The van der Waals surface area contributed by atoms with Crippen LogP contribution in [0.15, 0.2) is 18.2 Å². The van der Waals surface area contributed by atoms with Gasteiger partial charge in [0, 0.05) is 24.3 Å². The first-order valence-electron chi connectivity index (χ1n) is 6.80. The van der Waals surface area contributed by atoms with Crippen molar-refractivity contribution in [2.24, 2.45) is 5.73 Å². The van der Waals surface area contributed by atoms with E-state index in [1.807, 2.05) is 19.1 Å². The molecule has 1 aliphatic heterocycles. The Morgan fingerprint density at radius 3 is 2.60 bits per heavy atom. The van der Waals surface area contributed by atoms with E-state index in [9.17, 15) is 9.59 Å². The summed E-state index contributed by atoms with van der Waals surface area (Å²) in [6.45, 7) is 6.02. The van der Waals surface area contributed by atoms with Gasteiger partial charge in [0.25, 0.3) is 0 Å². The van der Waals surface area contributed by atoms with Gasteiger partial charge in [0.1, 0.15) is 0 Å². The molecule has 0 spiro atoms. The summed E-state index contributed by atoms with van der Waals surface area (Å²) in [5, 5.41) is 2.78. The maximum absolute atomic E-state index is 11.8. The second kappa shape index (κ2) is 5.25. The lowest BCUT2D eigenvalue weighted by molar-refractivity contribution is -0.120. The van der Waals surface area contributed by atoms with Crippen LogP contribution in [-0.4, -0.2) is 23.9 Å². The first-order valence-corrected chi connectivity index (χ1v) is 6.80. The number of anilines is 2. The lowest BCUT2D eigenvalue weighted by Gasteiger charge is -2.21. The molecule has 3 N–H and O–H groups in total. The van der Waals surface area contributed by atoms with Crippen LogP contribution >= 0.6 is 0 Å². The predicted octanol–water partition coefficient (Wildman–Crippen LogP) is 1.80. The topological polar surface area (TPSA) is 75.4 Å². The molecule has 20 heavy (non-hydrogen) atoms. The highest BCUT2D eigenvalue weighted by atomic mass is 16.2. The van der Waals surface area contributed by atoms with E-state index >= 15 is 0 Å². The summed E-state index contributed by atoms with van der Waals surface area (Å²) in [4.78, 5) is 25.4. The summed E-state index contributed by atoms with van der Waals surface area (Å²) in [5.41, 5.74) is 7.40. The van der Waals surface area contributed by atoms with Crippen molar-refractivity contribution in [3.8, 4) is 0 Å². The van der Waals surface area contributed by atoms with Crippen LogP contribution in [-0.2, 0) is 9.59 Å². The van der Waals surface area contributed by atoms with Crippen molar-refractivity contribution in [1.82, 2.24) is 0 Å². The van der Waals surface area contributed by atoms with Crippen LogP contribution in [0, 0.1) is 6.92 Å². The second-order valence-electron chi connectivity index (χ2n) is 5.83. The Bertz CT molecular complexity index is 547. The van der Waals surface area contributed by atoms with Crippen molar-refractivity contribution in [1.29, 1.82) is 0 Å². The van der Waals surface area contributed by atoms with Crippen LogP contribution < -0.4 is 16.0 Å². The molecule has 1 heterocycles. The van der Waals surface area contributed by atoms with Gasteiger partial charge in [0.15, 0.2) is 0 Å². The van der Waals surface area contributed by atoms with E-state index in [4.69, 9.17) is 5.73 Å². The number of hydrogen-bond acceptors (Lipinski definition) is 3. The van der Waals surface area contributed by atoms with Gasteiger partial charge in [-0.1, -0.05) is 0 Å². The zero-order valence-electron chi connectivity index (χ0n) is 12.2. The Morgan fingerprint density at radius 2 is 2.10 bits per heavy atom. The number of benzene rings is 1. The Hall–Kier alpha value is -1.88. The number of nitrogens with two attached hydrogens (primary N) is 1. The summed E-state index contributed by atoms with van der Waals surface area (Å²) in [6.07, 6.45) is 1.51. The molecule has 0 radical (unpaired) electrons. The molecular formula is C15H21N3O2. The summed E-state index contributed by atoms with van der Waals surface area (Å²) < 4.78 is 0. The van der Waals surface area contributed by atoms with Gasteiger partial charge in [-0.2, -0.15) is 0 Å². The molecule has 5 heteroatoms. The van der Waals surface area contributed by atoms with Crippen molar-refractivity contribution >= 4 is 23.2 Å². The lowest BCUT2D eigenvalue weighted by Crippen LogP contribution is -2.45. The third-order valence-electron chi connectivity index (χ3n) is 3.40. The van der Waals surface area contributed by atoms with Crippen LogP contribution in [0.2, 0.25) is 0 Å². The van der Waals surface area contributed by atoms with Gasteiger partial charge in [0.05, 0.1) is 5.54 Å². The number of nitrogens with zero attached hydrogens (tertiary/aromatic N) is 1. The van der Waals surface area contributed by atoms with Crippen molar-refractivity contribution in [2.75, 3.05) is 16.8 Å². The Labute approximate surface area is 119 Å². The maximum Gasteiger partial charge on any atom is 0.243 e. The minimum Gasteiger partial charge on any atom is -0.324 e. The van der Waals surface area contributed by atoms with Crippen LogP contribution in [0.4, 0.5) is 11.4 Å². The molecule has 0 atom stereocenters. The summed E-state index contributed by atoms with van der Waals surface area (Å²) in [5.74, 6) is -0.0742. The van der Waals surface area contributed by atoms with Gasteiger partial charge in [-0.3, -0.25) is 9.59 Å². The quantitative estimate of drug-likeness (QED) is 0.883. The highest BCUT2D eigenvalue weighted by molar-refractivity contribution is 5.99. The summed E-state index contributed by atoms with van der Waals surface area (Å²) in [7, 11) is 0. The molecular weight excluding hydrogens is 254 g/mol. The van der Waals surface area contributed by atoms with E-state index in [2.05, 4.69) is 5.32 Å². The van der Waals surface area contributed by atoms with Crippen LogP contribution in [0.3, 0.4) is 0 Å². The van der Waals surface area contributed by atoms with Crippen molar-refractivity contribution in [2.45, 2.75) is 39.2 Å². The minimum atomic E-state index is -0.919. The second-order valence-corrected chi connectivity index (χ2v) is 5.83. The molecule has 1 saturated heterocycles. The molecule has 1 aromatic rings. The lowest BCUT2D eigenvalue weighted by atomic mass is 10.1. The Morgan fingerprint density at radius 1 is 1.40 bits per heavy atom. The summed E-state index contributed by atoms with van der Waals surface area (Å²) in [6, 6.07) is 5.54. The third-order valence-corrected chi connectivity index (χ3v) is 3.40. The van der Waals surface area contributed by atoms with Gasteiger partial charge in [-0.15, -0.1) is 0 Å². The van der Waals surface area contributed by atoms with E-state index in [1.165, 1.54) is 0 Å². The first kappa shape index (κ1) is 14.5. The smallest absolute Gasteiger partial charge is 0.243 e. The normalized spacial score (nSPS) is 15.6. The highest BCUT2D eigenvalue weighted by Crippen LogP contribution is 2.27. The van der Waals surface area contributed by atoms with Crippen molar-refractivity contribution in [3.05, 3.63) is 23.8 Å². The predicted molar refractivity (Wildman–Crippen MR) is 79.7 cm³/mol. The largest absolute Gasteiger partial charge is 0.324 e. The number of carbonyl (C=O) groups excluding carboxylic acids is 2. The molecule has 2 rings (SSSR count). The molecule has 0 aromatic heterocycles. The number of aryl methyl sites for hydroxylation is 1. The fourth-order valence-corrected chi connectivity index (χ4v) is 2.23. The monoisotopic (exact) mass is 275 g/mol. The molecule has 1 aromatic carbocycles. The van der Waals surface area contributed by atoms with Crippen LogP contribution in [0.5, 0.6) is 0 Å². The fourth-order valence-electron chi connectivity index (χ4n) is 2.23. The molecule has 0 unspecified atom stereocenters. The third kappa shape index (κ3) is 2.99. The maximum atomic E-state index is 11.8. The number of hydrogen-bond donors (Lipinski definition) is 2. The molecule has 1 fully saturated rings. The first-order chi connectivity index (χ1) is 9.29. The van der Waals surface area contributed by atoms with Gasteiger partial charge >= 0.3 is 0 Å². The zero-order chi connectivity index (χ0) is 14.9. The highest BCUT2D eigenvalue weighted by Gasteiger charge is 2.24. The molecule has 0 saturated carbocycles. The van der Waals surface area contributed by atoms with Crippen molar-refractivity contribution in [3.63, 3.8) is 0 Å². The van der Waals surface area contributed by atoms with Gasteiger partial charge in [0.2, 0.25) is 11.8 Å². The van der Waals surface area contributed by atoms with Crippen molar-refractivity contribution < 1.29 is 9.59 Å². The molecule has 5 nitrogen and oxygen atoms in total. The Kier molecular flexibility index (Phi) is 3.81. The number of rotatable bonds is 3. The summed E-state index contributed by atoms with van der Waals surface area (Å²) >= 11 is 0. The van der Waals surface area contributed by atoms with Gasteiger partial charge in [-0.05, 0) is 51.0 Å². The van der Waals surface area contributed by atoms with Crippen LogP contribution in [0.25, 0.3) is 0 Å². The SMILES string of the molecule is Cc1cc(NC(=O)C(C)(C)N)ccc1N1CCCC1=O. The van der Waals surface area contributed by atoms with E-state index < -0.39 is 5.54 Å². The standard InChI is InChI=1S/C15H21N3O2/c1-10-9-11(17-14(20)15(2,3)16)6-7-12(10)18-8-4-5-13(18)19/h6-7,9H,4-5,8,16H2,1-3H3,(H,17,20). The molecule has 1 aliphatic rings. The van der Waals surface area contributed by atoms with Gasteiger partial charge < -0.3 is 16.0 Å². The molecule has 108 valence electrons.